The van der Waals surface area contributed by atoms with E-state index < -0.39 is 0 Å². The minimum atomic E-state index is -0.332. The molecule has 0 atom stereocenters. The number of rotatable bonds is 4. The number of piperazine rings is 1. The standard InChI is InChI=1S/C19H17Cl2N5OS/c20-16-10-15(17(21)28-16)18(27)24-13-11-22-19(23-12-13)26-8-6-25(7-9-26)14-4-2-1-3-5-14/h1-5,10-12H,6-9H2,(H,24,27). The maximum Gasteiger partial charge on any atom is 0.258 e. The summed E-state index contributed by atoms with van der Waals surface area (Å²) in [6, 6.07) is 11.9. The van der Waals surface area contributed by atoms with Crippen LogP contribution < -0.4 is 15.1 Å². The molecule has 3 aromatic rings. The van der Waals surface area contributed by atoms with E-state index in [1.165, 1.54) is 5.69 Å². The lowest BCUT2D eigenvalue weighted by molar-refractivity contribution is 0.102. The lowest BCUT2D eigenvalue weighted by Crippen LogP contribution is -2.47. The van der Waals surface area contributed by atoms with Gasteiger partial charge >= 0.3 is 0 Å². The van der Waals surface area contributed by atoms with E-state index in [-0.39, 0.29) is 5.91 Å². The van der Waals surface area contributed by atoms with Crippen molar-refractivity contribution in [2.24, 2.45) is 0 Å². The molecule has 2 aromatic heterocycles. The number of halogens is 2. The smallest absolute Gasteiger partial charge is 0.258 e. The van der Waals surface area contributed by atoms with E-state index in [4.69, 9.17) is 23.2 Å². The number of carbonyl (C=O) groups excluding carboxylic acids is 1. The third-order valence-electron chi connectivity index (χ3n) is 4.48. The van der Waals surface area contributed by atoms with E-state index in [0.29, 0.717) is 25.9 Å². The van der Waals surface area contributed by atoms with Crippen LogP contribution in [0.2, 0.25) is 8.67 Å². The van der Waals surface area contributed by atoms with Crippen molar-refractivity contribution >= 4 is 57.8 Å². The van der Waals surface area contributed by atoms with Gasteiger partial charge in [0.15, 0.2) is 0 Å². The Balaban J connectivity index is 1.36. The fourth-order valence-electron chi connectivity index (χ4n) is 3.05. The van der Waals surface area contributed by atoms with Crippen molar-refractivity contribution in [1.82, 2.24) is 9.97 Å². The van der Waals surface area contributed by atoms with Gasteiger partial charge in [0.05, 0.1) is 28.0 Å². The molecule has 0 saturated carbocycles. The van der Waals surface area contributed by atoms with Gasteiger partial charge in [-0.25, -0.2) is 9.97 Å². The van der Waals surface area contributed by atoms with Gasteiger partial charge in [0.2, 0.25) is 5.95 Å². The third-order valence-corrected chi connectivity index (χ3v) is 5.97. The van der Waals surface area contributed by atoms with Gasteiger partial charge in [-0.1, -0.05) is 41.4 Å². The molecule has 6 nitrogen and oxygen atoms in total. The maximum absolute atomic E-state index is 12.3. The average Bonchev–Trinajstić information content (AvgIpc) is 3.07. The zero-order valence-electron chi connectivity index (χ0n) is 14.8. The molecular formula is C19H17Cl2N5OS. The lowest BCUT2D eigenvalue weighted by Gasteiger charge is -2.36. The molecule has 1 amide bonds. The van der Waals surface area contributed by atoms with Gasteiger partial charge < -0.3 is 15.1 Å². The number of hydrogen-bond donors (Lipinski definition) is 1. The van der Waals surface area contributed by atoms with Crippen molar-refractivity contribution in [3.63, 3.8) is 0 Å². The Hall–Kier alpha value is -2.35. The maximum atomic E-state index is 12.3. The molecule has 28 heavy (non-hydrogen) atoms. The zero-order valence-corrected chi connectivity index (χ0v) is 17.1. The summed E-state index contributed by atoms with van der Waals surface area (Å²) >= 11 is 13.1. The predicted octanol–water partition coefficient (Wildman–Crippen LogP) is 4.42. The Morgan fingerprint density at radius 1 is 1.00 bits per heavy atom. The number of amides is 1. The Bertz CT molecular complexity index is 956. The number of benzene rings is 1. The number of carbonyl (C=O) groups is 1. The first-order valence-electron chi connectivity index (χ1n) is 8.73. The molecule has 0 unspecified atom stereocenters. The number of aromatic nitrogens is 2. The van der Waals surface area contributed by atoms with E-state index >= 15 is 0 Å². The van der Waals surface area contributed by atoms with Crippen LogP contribution in [0.3, 0.4) is 0 Å². The predicted molar refractivity (Wildman–Crippen MR) is 115 cm³/mol. The molecular weight excluding hydrogens is 417 g/mol. The molecule has 1 saturated heterocycles. The molecule has 1 aliphatic rings. The molecule has 1 N–H and O–H groups in total. The molecule has 1 aliphatic heterocycles. The average molecular weight is 434 g/mol. The summed E-state index contributed by atoms with van der Waals surface area (Å²) in [5, 5.41) is 2.74. The summed E-state index contributed by atoms with van der Waals surface area (Å²) in [6.07, 6.45) is 3.21. The van der Waals surface area contributed by atoms with Crippen LogP contribution in [0.25, 0.3) is 0 Å². The zero-order chi connectivity index (χ0) is 19.5. The summed E-state index contributed by atoms with van der Waals surface area (Å²) in [4.78, 5) is 25.6. The lowest BCUT2D eigenvalue weighted by atomic mass is 10.2. The molecule has 3 heterocycles. The molecule has 9 heteroatoms. The van der Waals surface area contributed by atoms with E-state index in [0.717, 1.165) is 37.5 Å². The van der Waals surface area contributed by atoms with Crippen LogP contribution in [0, 0.1) is 0 Å². The van der Waals surface area contributed by atoms with Gasteiger partial charge in [-0.05, 0) is 18.2 Å². The van der Waals surface area contributed by atoms with Crippen LogP contribution >= 0.6 is 34.5 Å². The highest BCUT2D eigenvalue weighted by Crippen LogP contribution is 2.31. The summed E-state index contributed by atoms with van der Waals surface area (Å²) in [5.74, 6) is 0.322. The fraction of sp³-hybridized carbons (Fsp3) is 0.211. The van der Waals surface area contributed by atoms with E-state index in [2.05, 4.69) is 49.4 Å². The molecule has 0 spiro atoms. The van der Waals surface area contributed by atoms with E-state index in [1.807, 2.05) is 6.07 Å². The molecule has 1 fully saturated rings. The Labute approximate surface area is 176 Å². The molecule has 4 rings (SSSR count). The quantitative estimate of drug-likeness (QED) is 0.659. The molecule has 1 aromatic carbocycles. The molecule has 0 aliphatic carbocycles. The van der Waals surface area contributed by atoms with Crippen LogP contribution in [-0.4, -0.2) is 42.1 Å². The first kappa shape index (κ1) is 19.0. The highest BCUT2D eigenvalue weighted by atomic mass is 35.5. The molecule has 0 radical (unpaired) electrons. The van der Waals surface area contributed by atoms with Gasteiger partial charge in [-0.15, -0.1) is 11.3 Å². The van der Waals surface area contributed by atoms with E-state index in [9.17, 15) is 4.79 Å². The number of hydrogen-bond acceptors (Lipinski definition) is 6. The van der Waals surface area contributed by atoms with Crippen LogP contribution in [0.5, 0.6) is 0 Å². The van der Waals surface area contributed by atoms with E-state index in [1.54, 1.807) is 18.5 Å². The van der Waals surface area contributed by atoms with Crippen LogP contribution in [0.1, 0.15) is 10.4 Å². The van der Waals surface area contributed by atoms with Gasteiger partial charge in [0, 0.05) is 31.9 Å². The second kappa shape index (κ2) is 8.34. The third kappa shape index (κ3) is 4.22. The highest BCUT2D eigenvalue weighted by molar-refractivity contribution is 7.20. The topological polar surface area (TPSA) is 61.4 Å². The van der Waals surface area contributed by atoms with Crippen LogP contribution in [0.4, 0.5) is 17.3 Å². The normalized spacial score (nSPS) is 14.2. The monoisotopic (exact) mass is 433 g/mol. The van der Waals surface area contributed by atoms with Crippen molar-refractivity contribution in [3.8, 4) is 0 Å². The number of thiophene rings is 1. The second-order valence-electron chi connectivity index (χ2n) is 6.27. The number of anilines is 3. The fourth-order valence-corrected chi connectivity index (χ4v) is 4.50. The Kier molecular flexibility index (Phi) is 5.66. The molecule has 0 bridgehead atoms. The largest absolute Gasteiger partial charge is 0.368 e. The Morgan fingerprint density at radius 3 is 2.25 bits per heavy atom. The van der Waals surface area contributed by atoms with Crippen molar-refractivity contribution in [3.05, 3.63) is 63.0 Å². The number of para-hydroxylation sites is 1. The minimum absolute atomic E-state index is 0.332. The summed E-state index contributed by atoms with van der Waals surface area (Å²) in [7, 11) is 0. The molecule has 144 valence electrons. The van der Waals surface area contributed by atoms with Gasteiger partial charge in [0.25, 0.3) is 5.91 Å². The highest BCUT2D eigenvalue weighted by Gasteiger charge is 2.19. The van der Waals surface area contributed by atoms with Crippen molar-refractivity contribution < 1.29 is 4.79 Å². The second-order valence-corrected chi connectivity index (χ2v) is 8.56. The minimum Gasteiger partial charge on any atom is -0.368 e. The van der Waals surface area contributed by atoms with Gasteiger partial charge in [-0.2, -0.15) is 0 Å². The SMILES string of the molecule is O=C(Nc1cnc(N2CCN(c3ccccc3)CC2)nc1)c1cc(Cl)sc1Cl. The van der Waals surface area contributed by atoms with Gasteiger partial charge in [-0.3, -0.25) is 4.79 Å². The summed E-state index contributed by atoms with van der Waals surface area (Å²) in [5.41, 5.74) is 2.08. The Morgan fingerprint density at radius 2 is 1.64 bits per heavy atom. The number of nitrogens with zero attached hydrogens (tertiary/aromatic N) is 4. The van der Waals surface area contributed by atoms with Crippen LogP contribution in [-0.2, 0) is 0 Å². The van der Waals surface area contributed by atoms with Crippen LogP contribution in [0.15, 0.2) is 48.8 Å². The first-order valence-corrected chi connectivity index (χ1v) is 10.3. The summed E-state index contributed by atoms with van der Waals surface area (Å²) in [6.45, 7) is 3.49. The number of nitrogens with one attached hydrogen (secondary N) is 1. The first-order chi connectivity index (χ1) is 13.6. The van der Waals surface area contributed by atoms with Crippen molar-refractivity contribution in [2.75, 3.05) is 41.3 Å². The summed E-state index contributed by atoms with van der Waals surface area (Å²) < 4.78 is 0.827. The van der Waals surface area contributed by atoms with Gasteiger partial charge in [0.1, 0.15) is 4.34 Å². The van der Waals surface area contributed by atoms with Crippen molar-refractivity contribution in [2.45, 2.75) is 0 Å². The van der Waals surface area contributed by atoms with Crippen molar-refractivity contribution in [1.29, 1.82) is 0 Å².